The van der Waals surface area contributed by atoms with E-state index in [1.807, 2.05) is 50.2 Å². The van der Waals surface area contributed by atoms with Crippen molar-refractivity contribution in [2.24, 2.45) is 0 Å². The van der Waals surface area contributed by atoms with Gasteiger partial charge in [-0.2, -0.15) is 0 Å². The zero-order valence-corrected chi connectivity index (χ0v) is 19.6. The van der Waals surface area contributed by atoms with Crippen LogP contribution >= 0.6 is 0 Å². The Morgan fingerprint density at radius 3 is 2.45 bits per heavy atom. The number of nitrogens with zero attached hydrogens (tertiary/aromatic N) is 2. The molecule has 0 bridgehead atoms. The predicted molar refractivity (Wildman–Crippen MR) is 125 cm³/mol. The molecule has 1 unspecified atom stereocenters. The number of esters is 1. The van der Waals surface area contributed by atoms with Crippen molar-refractivity contribution in [1.29, 1.82) is 0 Å². The van der Waals surface area contributed by atoms with Gasteiger partial charge in [-0.3, -0.25) is 14.6 Å². The number of hydrogen-bond acceptors (Lipinski definition) is 6. The second-order valence-corrected chi connectivity index (χ2v) is 8.27. The van der Waals surface area contributed by atoms with Crippen molar-refractivity contribution in [2.75, 3.05) is 27.9 Å². The third kappa shape index (κ3) is 4.23. The van der Waals surface area contributed by atoms with E-state index in [4.69, 9.17) is 14.2 Å². The number of carbonyl (C=O) groups is 2. The molecule has 0 saturated heterocycles. The van der Waals surface area contributed by atoms with Crippen molar-refractivity contribution < 1.29 is 23.8 Å². The summed E-state index contributed by atoms with van der Waals surface area (Å²) >= 11 is 0. The van der Waals surface area contributed by atoms with Gasteiger partial charge in [0, 0.05) is 11.9 Å². The van der Waals surface area contributed by atoms with E-state index in [-0.39, 0.29) is 18.3 Å². The standard InChI is InChI=1S/C26H28N2O5/c1-15-6-7-21-18(10-15)11-19(16(2)27-21)26(30)28-9-8-17-12-23(31-3)24(32-4)13-20(17)22(28)14-25(29)33-5/h6-7,10-13,22H,8-9,14H2,1-5H3. The predicted octanol–water partition coefficient (Wildman–Crippen LogP) is 4.17. The minimum absolute atomic E-state index is 0.0455. The van der Waals surface area contributed by atoms with Crippen molar-refractivity contribution in [1.82, 2.24) is 9.88 Å². The van der Waals surface area contributed by atoms with Gasteiger partial charge in [-0.15, -0.1) is 0 Å². The topological polar surface area (TPSA) is 78.0 Å². The highest BCUT2D eigenvalue weighted by Gasteiger charge is 2.35. The van der Waals surface area contributed by atoms with Crippen molar-refractivity contribution in [2.45, 2.75) is 32.7 Å². The van der Waals surface area contributed by atoms with Crippen LogP contribution in [0.1, 0.15) is 45.2 Å². The average Bonchev–Trinajstić information content (AvgIpc) is 2.82. The van der Waals surface area contributed by atoms with Crippen LogP contribution in [-0.2, 0) is 16.0 Å². The second-order valence-electron chi connectivity index (χ2n) is 8.27. The number of pyridine rings is 1. The van der Waals surface area contributed by atoms with Crippen molar-refractivity contribution in [3.8, 4) is 11.5 Å². The van der Waals surface area contributed by atoms with Crippen LogP contribution in [0.2, 0.25) is 0 Å². The first-order chi connectivity index (χ1) is 15.9. The van der Waals surface area contributed by atoms with Crippen LogP contribution in [0.5, 0.6) is 11.5 Å². The summed E-state index contributed by atoms with van der Waals surface area (Å²) in [4.78, 5) is 32.5. The molecule has 0 saturated carbocycles. The summed E-state index contributed by atoms with van der Waals surface area (Å²) in [6, 6.07) is 11.2. The smallest absolute Gasteiger partial charge is 0.307 e. The number of amides is 1. The Morgan fingerprint density at radius 2 is 1.76 bits per heavy atom. The van der Waals surface area contributed by atoms with Gasteiger partial charge in [-0.25, -0.2) is 0 Å². The van der Waals surface area contributed by atoms with Gasteiger partial charge in [0.2, 0.25) is 0 Å². The van der Waals surface area contributed by atoms with Crippen LogP contribution in [-0.4, -0.2) is 49.6 Å². The molecular formula is C26H28N2O5. The maximum Gasteiger partial charge on any atom is 0.307 e. The highest BCUT2D eigenvalue weighted by Crippen LogP contribution is 2.40. The number of hydrogen-bond donors (Lipinski definition) is 0. The van der Waals surface area contributed by atoms with E-state index in [0.29, 0.717) is 35.7 Å². The lowest BCUT2D eigenvalue weighted by Crippen LogP contribution is -2.41. The molecule has 1 atom stereocenters. The molecule has 1 aliphatic heterocycles. The van der Waals surface area contributed by atoms with Crippen LogP contribution in [0.3, 0.4) is 0 Å². The van der Waals surface area contributed by atoms with Gasteiger partial charge >= 0.3 is 5.97 Å². The van der Waals surface area contributed by atoms with Crippen LogP contribution in [0.15, 0.2) is 36.4 Å². The summed E-state index contributed by atoms with van der Waals surface area (Å²) in [5.74, 6) is 0.638. The molecule has 7 nitrogen and oxygen atoms in total. The molecule has 1 aromatic heterocycles. The molecule has 2 aromatic carbocycles. The third-order valence-electron chi connectivity index (χ3n) is 6.24. The zero-order valence-electron chi connectivity index (χ0n) is 19.6. The SMILES string of the molecule is COC(=O)CC1c2cc(OC)c(OC)cc2CCN1C(=O)c1cc2cc(C)ccc2nc1C. The van der Waals surface area contributed by atoms with Crippen LogP contribution in [0, 0.1) is 13.8 Å². The summed E-state index contributed by atoms with van der Waals surface area (Å²) in [7, 11) is 4.51. The maximum atomic E-state index is 13.8. The minimum Gasteiger partial charge on any atom is -0.493 e. The molecule has 1 amide bonds. The van der Waals surface area contributed by atoms with Gasteiger partial charge in [0.15, 0.2) is 11.5 Å². The molecular weight excluding hydrogens is 420 g/mol. The molecule has 7 heteroatoms. The van der Waals surface area contributed by atoms with Crippen LogP contribution < -0.4 is 9.47 Å². The molecule has 0 spiro atoms. The Bertz CT molecular complexity index is 1240. The highest BCUT2D eigenvalue weighted by atomic mass is 16.5. The van der Waals surface area contributed by atoms with E-state index in [1.54, 1.807) is 19.1 Å². The summed E-state index contributed by atoms with van der Waals surface area (Å²) in [5.41, 5.74) is 5.03. The lowest BCUT2D eigenvalue weighted by molar-refractivity contribution is -0.141. The molecule has 3 aromatic rings. The lowest BCUT2D eigenvalue weighted by atomic mass is 9.89. The van der Waals surface area contributed by atoms with E-state index in [9.17, 15) is 9.59 Å². The summed E-state index contributed by atoms with van der Waals surface area (Å²) < 4.78 is 15.9. The van der Waals surface area contributed by atoms with Crippen LogP contribution in [0.4, 0.5) is 0 Å². The fourth-order valence-corrected chi connectivity index (χ4v) is 4.50. The van der Waals surface area contributed by atoms with E-state index < -0.39 is 6.04 Å². The first-order valence-electron chi connectivity index (χ1n) is 10.9. The summed E-state index contributed by atoms with van der Waals surface area (Å²) in [6.07, 6.45) is 0.683. The minimum atomic E-state index is -0.485. The Labute approximate surface area is 193 Å². The molecule has 0 aliphatic carbocycles. The fraction of sp³-hybridized carbons (Fsp3) is 0.346. The second kappa shape index (κ2) is 9.10. The van der Waals surface area contributed by atoms with E-state index in [0.717, 1.165) is 27.6 Å². The number of ether oxygens (including phenoxy) is 3. The maximum absolute atomic E-state index is 13.8. The number of aromatic nitrogens is 1. The molecule has 33 heavy (non-hydrogen) atoms. The normalized spacial score (nSPS) is 15.2. The van der Waals surface area contributed by atoms with Gasteiger partial charge in [0.05, 0.1) is 50.6 Å². The van der Waals surface area contributed by atoms with Gasteiger partial charge < -0.3 is 19.1 Å². The van der Waals surface area contributed by atoms with Gasteiger partial charge in [0.1, 0.15) is 0 Å². The first-order valence-corrected chi connectivity index (χ1v) is 10.9. The number of carbonyl (C=O) groups excluding carboxylic acids is 2. The van der Waals surface area contributed by atoms with Crippen molar-refractivity contribution in [3.63, 3.8) is 0 Å². The Kier molecular flexibility index (Phi) is 6.22. The van der Waals surface area contributed by atoms with Crippen molar-refractivity contribution in [3.05, 3.63) is 64.3 Å². The third-order valence-corrected chi connectivity index (χ3v) is 6.24. The van der Waals surface area contributed by atoms with Crippen LogP contribution in [0.25, 0.3) is 10.9 Å². The number of aryl methyl sites for hydroxylation is 2. The first kappa shape index (κ1) is 22.6. The van der Waals surface area contributed by atoms with Gasteiger partial charge in [-0.1, -0.05) is 11.6 Å². The van der Waals surface area contributed by atoms with E-state index in [2.05, 4.69) is 4.98 Å². The number of fused-ring (bicyclic) bond motifs is 2. The monoisotopic (exact) mass is 448 g/mol. The molecule has 0 N–H and O–H groups in total. The molecule has 0 fully saturated rings. The Morgan fingerprint density at radius 1 is 1.03 bits per heavy atom. The molecule has 172 valence electrons. The van der Waals surface area contributed by atoms with Gasteiger partial charge in [0.25, 0.3) is 5.91 Å². The Balaban J connectivity index is 1.79. The lowest BCUT2D eigenvalue weighted by Gasteiger charge is -2.37. The number of benzene rings is 2. The fourth-order valence-electron chi connectivity index (χ4n) is 4.50. The molecule has 2 heterocycles. The molecule has 0 radical (unpaired) electrons. The number of rotatable bonds is 5. The molecule has 1 aliphatic rings. The number of methoxy groups -OCH3 is 3. The quantitative estimate of drug-likeness (QED) is 0.545. The van der Waals surface area contributed by atoms with E-state index >= 15 is 0 Å². The summed E-state index contributed by atoms with van der Waals surface area (Å²) in [5, 5.41) is 0.914. The zero-order chi connectivity index (χ0) is 23.7. The summed E-state index contributed by atoms with van der Waals surface area (Å²) in [6.45, 7) is 4.32. The highest BCUT2D eigenvalue weighted by molar-refractivity contribution is 5.99. The van der Waals surface area contributed by atoms with Crippen molar-refractivity contribution >= 4 is 22.8 Å². The van der Waals surface area contributed by atoms with E-state index in [1.165, 1.54) is 7.11 Å². The Hall–Kier alpha value is -3.61. The molecule has 4 rings (SSSR count). The average molecular weight is 449 g/mol. The van der Waals surface area contributed by atoms with Gasteiger partial charge in [-0.05, 0) is 61.7 Å². The largest absolute Gasteiger partial charge is 0.493 e.